The van der Waals surface area contributed by atoms with Gasteiger partial charge in [0.15, 0.2) is 5.78 Å². The molecule has 2 rings (SSSR count). The minimum absolute atomic E-state index is 0.0341. The first-order valence-electron chi connectivity index (χ1n) is 7.30. The number of alkyl halides is 6. The van der Waals surface area contributed by atoms with Gasteiger partial charge in [-0.05, 0) is 25.1 Å². The molecule has 0 saturated carbocycles. The Hall–Kier alpha value is -2.77. The molecule has 2 nitrogen and oxygen atoms in total. The smallest absolute Gasteiger partial charge is 0.362 e. The van der Waals surface area contributed by atoms with Crippen LogP contribution in [0.3, 0.4) is 0 Å². The van der Waals surface area contributed by atoms with Crippen molar-refractivity contribution in [2.45, 2.75) is 19.3 Å². The highest BCUT2D eigenvalue weighted by molar-refractivity contribution is 6.04. The summed E-state index contributed by atoms with van der Waals surface area (Å²) in [6.07, 6.45) is -7.84. The number of nitrogens with one attached hydrogen (secondary N) is 1. The van der Waals surface area contributed by atoms with Crippen LogP contribution in [0.25, 0.3) is 0 Å². The van der Waals surface area contributed by atoms with E-state index in [-0.39, 0.29) is 6.07 Å². The van der Waals surface area contributed by atoms with Crippen molar-refractivity contribution in [3.8, 4) is 0 Å². The number of carbonyl (C=O) groups excluding carboxylic acids is 1. The Kier molecular flexibility index (Phi) is 5.44. The van der Waals surface area contributed by atoms with E-state index < -0.39 is 35.0 Å². The predicted octanol–water partition coefficient (Wildman–Crippen LogP) is 5.84. The van der Waals surface area contributed by atoms with Gasteiger partial charge in [-0.25, -0.2) is 0 Å². The molecule has 0 amide bonds. The van der Waals surface area contributed by atoms with Crippen LogP contribution in [0.15, 0.2) is 54.7 Å². The summed E-state index contributed by atoms with van der Waals surface area (Å²) >= 11 is 0. The lowest BCUT2D eigenvalue weighted by Crippen LogP contribution is -2.11. The van der Waals surface area contributed by atoms with Gasteiger partial charge in [-0.2, -0.15) is 26.3 Å². The molecule has 0 unspecified atom stereocenters. The SMILES string of the molecule is Cc1ccc(C(=O)/C=C\Nc2cc(C(F)(F)F)cc(C(F)(F)F)c2)cc1. The highest BCUT2D eigenvalue weighted by Gasteiger charge is 2.36. The van der Waals surface area contributed by atoms with E-state index >= 15 is 0 Å². The van der Waals surface area contributed by atoms with Gasteiger partial charge in [-0.3, -0.25) is 4.79 Å². The molecule has 2 aromatic carbocycles. The predicted molar refractivity (Wildman–Crippen MR) is 84.7 cm³/mol. The highest BCUT2D eigenvalue weighted by Crippen LogP contribution is 2.37. The van der Waals surface area contributed by atoms with Crippen molar-refractivity contribution < 1.29 is 31.1 Å². The first-order chi connectivity index (χ1) is 12.0. The number of anilines is 1. The van der Waals surface area contributed by atoms with Crippen molar-refractivity contribution in [2.75, 3.05) is 5.32 Å². The van der Waals surface area contributed by atoms with E-state index in [2.05, 4.69) is 5.32 Å². The summed E-state index contributed by atoms with van der Waals surface area (Å²) in [6, 6.07) is 7.65. The Balaban J connectivity index is 2.23. The van der Waals surface area contributed by atoms with Gasteiger partial charge in [0.2, 0.25) is 0 Å². The number of aryl methyl sites for hydroxylation is 1. The van der Waals surface area contributed by atoms with Crippen LogP contribution in [0.2, 0.25) is 0 Å². The number of allylic oxidation sites excluding steroid dienone is 1. The molecule has 0 spiro atoms. The standard InChI is InChI=1S/C18H13F6NO/c1-11-2-4-12(5-3-11)16(26)6-7-25-15-9-13(17(19,20)21)8-14(10-15)18(22,23)24/h2-10,25H,1H3/b7-6-. The minimum Gasteiger partial charge on any atom is -0.362 e. The molecule has 0 radical (unpaired) electrons. The third-order valence-corrected chi connectivity index (χ3v) is 3.41. The maximum Gasteiger partial charge on any atom is 0.416 e. The number of rotatable bonds is 4. The van der Waals surface area contributed by atoms with Crippen LogP contribution >= 0.6 is 0 Å². The zero-order valence-corrected chi connectivity index (χ0v) is 13.4. The van der Waals surface area contributed by atoms with E-state index in [0.29, 0.717) is 17.7 Å². The molecule has 0 atom stereocenters. The summed E-state index contributed by atoms with van der Waals surface area (Å²) in [5.74, 6) is -0.444. The molecule has 1 N–H and O–H groups in total. The summed E-state index contributed by atoms with van der Waals surface area (Å²) in [5.41, 5.74) is -2.03. The van der Waals surface area contributed by atoms with Gasteiger partial charge in [0, 0.05) is 23.5 Å². The third-order valence-electron chi connectivity index (χ3n) is 3.41. The second-order valence-corrected chi connectivity index (χ2v) is 5.50. The van der Waals surface area contributed by atoms with E-state index in [0.717, 1.165) is 17.8 Å². The Bertz CT molecular complexity index is 787. The maximum absolute atomic E-state index is 12.8. The Labute approximate surface area is 145 Å². The van der Waals surface area contributed by atoms with E-state index in [9.17, 15) is 31.1 Å². The van der Waals surface area contributed by atoms with E-state index in [1.54, 1.807) is 24.3 Å². The lowest BCUT2D eigenvalue weighted by molar-refractivity contribution is -0.143. The molecule has 0 aliphatic heterocycles. The third kappa shape index (κ3) is 5.11. The number of hydrogen-bond donors (Lipinski definition) is 1. The molecule has 0 aliphatic carbocycles. The van der Waals surface area contributed by atoms with Crippen LogP contribution in [-0.2, 0) is 12.4 Å². The van der Waals surface area contributed by atoms with Crippen molar-refractivity contribution in [1.82, 2.24) is 0 Å². The van der Waals surface area contributed by atoms with Gasteiger partial charge in [0.1, 0.15) is 0 Å². The van der Waals surface area contributed by atoms with Crippen molar-refractivity contribution in [3.05, 3.63) is 77.0 Å². The fraction of sp³-hybridized carbons (Fsp3) is 0.167. The van der Waals surface area contributed by atoms with Crippen LogP contribution in [0, 0.1) is 6.92 Å². The molecular weight excluding hydrogens is 360 g/mol. The second kappa shape index (κ2) is 7.23. The normalized spacial score (nSPS) is 12.4. The first-order valence-corrected chi connectivity index (χ1v) is 7.30. The van der Waals surface area contributed by atoms with E-state index in [1.807, 2.05) is 6.92 Å². The molecule has 0 saturated heterocycles. The summed E-state index contributed by atoms with van der Waals surface area (Å²) in [4.78, 5) is 11.9. The fourth-order valence-corrected chi connectivity index (χ4v) is 2.07. The number of benzene rings is 2. The van der Waals surface area contributed by atoms with Crippen LogP contribution in [0.5, 0.6) is 0 Å². The van der Waals surface area contributed by atoms with Gasteiger partial charge < -0.3 is 5.32 Å². The molecule has 26 heavy (non-hydrogen) atoms. The van der Waals surface area contributed by atoms with Crippen LogP contribution in [-0.4, -0.2) is 5.78 Å². The molecule has 0 aromatic heterocycles. The summed E-state index contributed by atoms with van der Waals surface area (Å²) in [6.45, 7) is 1.83. The van der Waals surface area contributed by atoms with Crippen LogP contribution in [0.1, 0.15) is 27.0 Å². The summed E-state index contributed by atoms with van der Waals surface area (Å²) < 4.78 is 76.6. The van der Waals surface area contributed by atoms with Crippen LogP contribution in [0.4, 0.5) is 32.0 Å². The molecule has 0 heterocycles. The molecule has 8 heteroatoms. The quantitative estimate of drug-likeness (QED) is 0.414. The van der Waals surface area contributed by atoms with E-state index in [4.69, 9.17) is 0 Å². The number of halogens is 6. The number of ketones is 1. The lowest BCUT2D eigenvalue weighted by Gasteiger charge is -2.14. The topological polar surface area (TPSA) is 29.1 Å². The number of carbonyl (C=O) groups is 1. The zero-order valence-electron chi connectivity index (χ0n) is 13.4. The van der Waals surface area contributed by atoms with Gasteiger partial charge in [0.05, 0.1) is 11.1 Å². The van der Waals surface area contributed by atoms with Crippen molar-refractivity contribution in [3.63, 3.8) is 0 Å². The Morgan fingerprint density at radius 1 is 0.885 bits per heavy atom. The molecule has 0 fully saturated rings. The van der Waals surface area contributed by atoms with Gasteiger partial charge in [-0.1, -0.05) is 29.8 Å². The highest BCUT2D eigenvalue weighted by atomic mass is 19.4. The molecule has 138 valence electrons. The zero-order chi connectivity index (χ0) is 19.5. The van der Waals surface area contributed by atoms with Crippen molar-refractivity contribution in [1.29, 1.82) is 0 Å². The number of hydrogen-bond acceptors (Lipinski definition) is 2. The maximum atomic E-state index is 12.8. The van der Waals surface area contributed by atoms with Crippen molar-refractivity contribution >= 4 is 11.5 Å². The molecule has 0 bridgehead atoms. The van der Waals surface area contributed by atoms with Gasteiger partial charge in [-0.15, -0.1) is 0 Å². The lowest BCUT2D eigenvalue weighted by atomic mass is 10.1. The van der Waals surface area contributed by atoms with Crippen molar-refractivity contribution in [2.24, 2.45) is 0 Å². The Morgan fingerprint density at radius 3 is 1.85 bits per heavy atom. The minimum atomic E-state index is -4.93. The first kappa shape index (κ1) is 19.6. The van der Waals surface area contributed by atoms with Gasteiger partial charge >= 0.3 is 12.4 Å². The van der Waals surface area contributed by atoms with E-state index in [1.165, 1.54) is 0 Å². The monoisotopic (exact) mass is 373 g/mol. The molecule has 0 aliphatic rings. The second-order valence-electron chi connectivity index (χ2n) is 5.50. The Morgan fingerprint density at radius 2 is 1.38 bits per heavy atom. The molecule has 2 aromatic rings. The average molecular weight is 373 g/mol. The van der Waals surface area contributed by atoms with Gasteiger partial charge in [0.25, 0.3) is 0 Å². The summed E-state index contributed by atoms with van der Waals surface area (Å²) in [7, 11) is 0. The summed E-state index contributed by atoms with van der Waals surface area (Å²) in [5, 5.41) is 2.28. The van der Waals surface area contributed by atoms with Crippen LogP contribution < -0.4 is 5.32 Å². The fourth-order valence-electron chi connectivity index (χ4n) is 2.07. The molecular formula is C18H13F6NO. The average Bonchev–Trinajstić information content (AvgIpc) is 2.53. The largest absolute Gasteiger partial charge is 0.416 e.